The zero-order valence-corrected chi connectivity index (χ0v) is 10.1. The SMILES string of the molecule is CCNCCC(C)c1ccccc1C(F)(F)F. The van der Waals surface area contributed by atoms with E-state index in [9.17, 15) is 13.2 Å². The highest BCUT2D eigenvalue weighted by molar-refractivity contribution is 5.32. The van der Waals surface area contributed by atoms with Crippen LogP contribution in [0.25, 0.3) is 0 Å². The van der Waals surface area contributed by atoms with Gasteiger partial charge < -0.3 is 5.32 Å². The number of hydrogen-bond donors (Lipinski definition) is 1. The van der Waals surface area contributed by atoms with Crippen molar-refractivity contribution in [2.24, 2.45) is 0 Å². The van der Waals surface area contributed by atoms with Gasteiger partial charge in [0, 0.05) is 0 Å². The standard InChI is InChI=1S/C13H18F3N/c1-3-17-9-8-10(2)11-6-4-5-7-12(11)13(14,15)16/h4-7,10,17H,3,8-9H2,1-2H3. The summed E-state index contributed by atoms with van der Waals surface area (Å²) in [6.45, 7) is 5.40. The number of benzene rings is 1. The van der Waals surface area contributed by atoms with Gasteiger partial charge in [0.2, 0.25) is 0 Å². The summed E-state index contributed by atoms with van der Waals surface area (Å²) in [6.07, 6.45) is -3.55. The van der Waals surface area contributed by atoms with E-state index < -0.39 is 11.7 Å². The molecule has 0 bridgehead atoms. The lowest BCUT2D eigenvalue weighted by Crippen LogP contribution is -2.17. The van der Waals surface area contributed by atoms with Gasteiger partial charge in [-0.15, -0.1) is 0 Å². The van der Waals surface area contributed by atoms with Crippen LogP contribution >= 0.6 is 0 Å². The summed E-state index contributed by atoms with van der Waals surface area (Å²) >= 11 is 0. The first-order valence-electron chi connectivity index (χ1n) is 5.83. The Kier molecular flexibility index (Phi) is 5.00. The fraction of sp³-hybridized carbons (Fsp3) is 0.538. The molecular formula is C13H18F3N. The normalized spacial score (nSPS) is 13.7. The second-order valence-electron chi connectivity index (χ2n) is 4.13. The van der Waals surface area contributed by atoms with E-state index >= 15 is 0 Å². The largest absolute Gasteiger partial charge is 0.416 e. The van der Waals surface area contributed by atoms with Gasteiger partial charge in [-0.3, -0.25) is 0 Å². The molecule has 1 aromatic carbocycles. The number of hydrogen-bond acceptors (Lipinski definition) is 1. The van der Waals surface area contributed by atoms with E-state index in [0.29, 0.717) is 12.0 Å². The molecule has 1 atom stereocenters. The Morgan fingerprint density at radius 2 is 1.88 bits per heavy atom. The van der Waals surface area contributed by atoms with E-state index in [4.69, 9.17) is 0 Å². The van der Waals surface area contributed by atoms with Crippen molar-refractivity contribution in [1.29, 1.82) is 0 Å². The maximum Gasteiger partial charge on any atom is 0.416 e. The van der Waals surface area contributed by atoms with E-state index in [1.54, 1.807) is 12.1 Å². The van der Waals surface area contributed by atoms with Crippen molar-refractivity contribution < 1.29 is 13.2 Å². The van der Waals surface area contributed by atoms with Gasteiger partial charge in [0.05, 0.1) is 5.56 Å². The molecule has 17 heavy (non-hydrogen) atoms. The fourth-order valence-electron chi connectivity index (χ4n) is 1.84. The van der Waals surface area contributed by atoms with Gasteiger partial charge >= 0.3 is 6.18 Å². The lowest BCUT2D eigenvalue weighted by Gasteiger charge is -2.18. The smallest absolute Gasteiger partial charge is 0.317 e. The first-order chi connectivity index (χ1) is 7.96. The Hall–Kier alpha value is -1.03. The summed E-state index contributed by atoms with van der Waals surface area (Å²) in [5, 5.41) is 3.13. The van der Waals surface area contributed by atoms with E-state index in [1.165, 1.54) is 6.07 Å². The van der Waals surface area contributed by atoms with Crippen LogP contribution in [0.3, 0.4) is 0 Å². The van der Waals surface area contributed by atoms with E-state index in [0.717, 1.165) is 19.2 Å². The quantitative estimate of drug-likeness (QED) is 0.778. The van der Waals surface area contributed by atoms with Crippen LogP contribution in [0.15, 0.2) is 24.3 Å². The Balaban J connectivity index is 2.82. The molecule has 1 aromatic rings. The Morgan fingerprint density at radius 3 is 2.47 bits per heavy atom. The predicted octanol–water partition coefficient (Wildman–Crippen LogP) is 3.81. The molecule has 0 amide bonds. The Labute approximate surface area is 100 Å². The van der Waals surface area contributed by atoms with Crippen LogP contribution < -0.4 is 5.32 Å². The molecule has 0 saturated heterocycles. The summed E-state index contributed by atoms with van der Waals surface area (Å²) in [7, 11) is 0. The van der Waals surface area contributed by atoms with Gasteiger partial charge in [0.1, 0.15) is 0 Å². The summed E-state index contributed by atoms with van der Waals surface area (Å²) in [4.78, 5) is 0. The molecule has 0 saturated carbocycles. The second-order valence-corrected chi connectivity index (χ2v) is 4.13. The van der Waals surface area contributed by atoms with Gasteiger partial charge in [-0.05, 0) is 37.1 Å². The number of halogens is 3. The van der Waals surface area contributed by atoms with E-state index in [2.05, 4.69) is 5.32 Å². The van der Waals surface area contributed by atoms with Crippen LogP contribution in [0.1, 0.15) is 37.3 Å². The van der Waals surface area contributed by atoms with Crippen LogP contribution in [0.5, 0.6) is 0 Å². The first kappa shape index (κ1) is 14.0. The third-order valence-corrected chi connectivity index (χ3v) is 2.80. The Morgan fingerprint density at radius 1 is 1.24 bits per heavy atom. The average molecular weight is 245 g/mol. The highest BCUT2D eigenvalue weighted by atomic mass is 19.4. The van der Waals surface area contributed by atoms with Crippen molar-refractivity contribution in [3.05, 3.63) is 35.4 Å². The molecule has 0 heterocycles. The summed E-state index contributed by atoms with van der Waals surface area (Å²) in [5.74, 6) is -0.0909. The lowest BCUT2D eigenvalue weighted by atomic mass is 9.93. The van der Waals surface area contributed by atoms with Crippen molar-refractivity contribution >= 4 is 0 Å². The predicted molar refractivity (Wildman–Crippen MR) is 63.0 cm³/mol. The van der Waals surface area contributed by atoms with Crippen molar-refractivity contribution in [3.8, 4) is 0 Å². The highest BCUT2D eigenvalue weighted by Crippen LogP contribution is 2.35. The van der Waals surface area contributed by atoms with E-state index in [1.807, 2.05) is 13.8 Å². The molecular weight excluding hydrogens is 227 g/mol. The third kappa shape index (κ3) is 4.04. The molecule has 1 N–H and O–H groups in total. The van der Waals surface area contributed by atoms with E-state index in [-0.39, 0.29) is 5.92 Å². The van der Waals surface area contributed by atoms with Crippen LogP contribution in [0, 0.1) is 0 Å². The molecule has 1 nitrogen and oxygen atoms in total. The monoisotopic (exact) mass is 245 g/mol. The molecule has 0 aromatic heterocycles. The van der Waals surface area contributed by atoms with Crippen molar-refractivity contribution in [3.63, 3.8) is 0 Å². The van der Waals surface area contributed by atoms with Crippen LogP contribution in [0.2, 0.25) is 0 Å². The number of alkyl halides is 3. The van der Waals surface area contributed by atoms with Gasteiger partial charge in [0.15, 0.2) is 0 Å². The van der Waals surface area contributed by atoms with Gasteiger partial charge in [-0.25, -0.2) is 0 Å². The first-order valence-corrected chi connectivity index (χ1v) is 5.83. The maximum absolute atomic E-state index is 12.8. The lowest BCUT2D eigenvalue weighted by molar-refractivity contribution is -0.138. The minimum absolute atomic E-state index is 0.0909. The topological polar surface area (TPSA) is 12.0 Å². The maximum atomic E-state index is 12.8. The molecule has 0 fully saturated rings. The molecule has 0 aliphatic rings. The zero-order valence-electron chi connectivity index (χ0n) is 10.1. The molecule has 0 aliphatic carbocycles. The fourth-order valence-corrected chi connectivity index (χ4v) is 1.84. The molecule has 0 aliphatic heterocycles. The molecule has 0 spiro atoms. The summed E-state index contributed by atoms with van der Waals surface area (Å²) in [6, 6.07) is 5.82. The molecule has 4 heteroatoms. The van der Waals surface area contributed by atoms with Crippen molar-refractivity contribution in [2.75, 3.05) is 13.1 Å². The third-order valence-electron chi connectivity index (χ3n) is 2.80. The Bertz CT molecular complexity index is 347. The summed E-state index contributed by atoms with van der Waals surface area (Å²) < 4.78 is 38.3. The highest BCUT2D eigenvalue weighted by Gasteiger charge is 2.33. The average Bonchev–Trinajstić information content (AvgIpc) is 2.28. The van der Waals surface area contributed by atoms with Gasteiger partial charge in [-0.1, -0.05) is 32.0 Å². The van der Waals surface area contributed by atoms with Crippen molar-refractivity contribution in [2.45, 2.75) is 32.4 Å². The van der Waals surface area contributed by atoms with Gasteiger partial charge in [0.25, 0.3) is 0 Å². The molecule has 96 valence electrons. The van der Waals surface area contributed by atoms with Gasteiger partial charge in [-0.2, -0.15) is 13.2 Å². The minimum atomic E-state index is -4.26. The zero-order chi connectivity index (χ0) is 12.9. The molecule has 1 unspecified atom stereocenters. The number of nitrogens with one attached hydrogen (secondary N) is 1. The second kappa shape index (κ2) is 6.05. The minimum Gasteiger partial charge on any atom is -0.317 e. The number of rotatable bonds is 5. The summed E-state index contributed by atoms with van der Waals surface area (Å²) in [5.41, 5.74) is -0.123. The van der Waals surface area contributed by atoms with Crippen molar-refractivity contribution in [1.82, 2.24) is 5.32 Å². The van der Waals surface area contributed by atoms with Crippen LogP contribution in [-0.4, -0.2) is 13.1 Å². The molecule has 0 radical (unpaired) electrons. The van der Waals surface area contributed by atoms with Crippen LogP contribution in [-0.2, 0) is 6.18 Å². The van der Waals surface area contributed by atoms with Crippen LogP contribution in [0.4, 0.5) is 13.2 Å². The molecule has 1 rings (SSSR count).